The summed E-state index contributed by atoms with van der Waals surface area (Å²) in [4.78, 5) is 16.4. The van der Waals surface area contributed by atoms with Crippen molar-refractivity contribution < 1.29 is 14.6 Å². The number of ether oxygens (including phenoxy) is 1. The molecule has 0 unspecified atom stereocenters. The average molecular weight is 516 g/mol. The highest BCUT2D eigenvalue weighted by molar-refractivity contribution is 5.91. The van der Waals surface area contributed by atoms with Crippen LogP contribution in [-0.4, -0.2) is 63.5 Å². The minimum atomic E-state index is 0.0821. The second-order valence-electron chi connectivity index (χ2n) is 8.67. The Morgan fingerprint density at radius 3 is 1.71 bits per heavy atom. The van der Waals surface area contributed by atoms with Crippen LogP contribution in [0.25, 0.3) is 0 Å². The maximum Gasteiger partial charge on any atom is 0.324 e. The molecule has 1 saturated heterocycles. The highest BCUT2D eigenvalue weighted by Crippen LogP contribution is 2.19. The molecule has 0 spiro atoms. The van der Waals surface area contributed by atoms with Crippen LogP contribution in [0, 0.1) is 11.8 Å². The Hall–Kier alpha value is -3.79. The van der Waals surface area contributed by atoms with Crippen LogP contribution >= 0.6 is 0 Å². The average Bonchev–Trinajstić information content (AvgIpc) is 3.00. The minimum Gasteiger partial charge on any atom is -0.497 e. The third kappa shape index (κ3) is 11.1. The summed E-state index contributed by atoms with van der Waals surface area (Å²) in [5, 5.41) is 10.4. The highest BCUT2D eigenvalue weighted by Gasteiger charge is 2.19. The number of rotatable bonds is 2. The van der Waals surface area contributed by atoms with Gasteiger partial charge in [-0.3, -0.25) is 4.90 Å². The minimum absolute atomic E-state index is 0.0821. The van der Waals surface area contributed by atoms with Crippen molar-refractivity contribution in [1.82, 2.24) is 10.2 Å². The Morgan fingerprint density at radius 2 is 1.26 bits per heavy atom. The zero-order chi connectivity index (χ0) is 27.4. The van der Waals surface area contributed by atoms with Crippen LogP contribution in [0.5, 0.6) is 5.75 Å². The molecule has 6 nitrogen and oxygen atoms in total. The molecule has 38 heavy (non-hydrogen) atoms. The van der Waals surface area contributed by atoms with Gasteiger partial charge >= 0.3 is 6.03 Å². The molecule has 0 aliphatic carbocycles. The Kier molecular flexibility index (Phi) is 14.8. The quantitative estimate of drug-likeness (QED) is 0.448. The van der Waals surface area contributed by atoms with Crippen LogP contribution in [0.1, 0.15) is 36.8 Å². The Bertz CT molecular complexity index is 1040. The highest BCUT2D eigenvalue weighted by atomic mass is 16.5. The molecule has 2 N–H and O–H groups in total. The number of hydrogen-bond acceptors (Lipinski definition) is 4. The molecular formula is C32H41N3O3. The lowest BCUT2D eigenvalue weighted by Crippen LogP contribution is -2.43. The maximum atomic E-state index is 12.7. The molecule has 6 heteroatoms. The number of carbonyl (C=O) groups is 1. The largest absolute Gasteiger partial charge is 0.497 e. The van der Waals surface area contributed by atoms with Gasteiger partial charge in [-0.2, -0.15) is 0 Å². The van der Waals surface area contributed by atoms with E-state index in [4.69, 9.17) is 9.84 Å². The number of aliphatic hydroxyl groups is 1. The van der Waals surface area contributed by atoms with Crippen LogP contribution in [-0.2, 0) is 0 Å². The Balaban J connectivity index is 0.000000272. The van der Waals surface area contributed by atoms with E-state index in [0.29, 0.717) is 0 Å². The number of amides is 2. The zero-order valence-electron chi connectivity index (χ0n) is 22.9. The van der Waals surface area contributed by atoms with Crippen molar-refractivity contribution in [2.75, 3.05) is 52.3 Å². The summed E-state index contributed by atoms with van der Waals surface area (Å²) in [5.41, 5.74) is 3.00. The van der Waals surface area contributed by atoms with Crippen molar-refractivity contribution in [2.45, 2.75) is 25.7 Å². The molecule has 0 bridgehead atoms. The first-order valence-electron chi connectivity index (χ1n) is 13.1. The lowest BCUT2D eigenvalue weighted by Gasteiger charge is -2.29. The SMILES string of the molecule is C(#Cc1ccccc1)c1ccccc1.CO.COc1ccc(N(C)C(=O)N2CCCCNCCCC2)cc1. The van der Waals surface area contributed by atoms with Crippen molar-refractivity contribution in [3.63, 3.8) is 0 Å². The van der Waals surface area contributed by atoms with Gasteiger partial charge in [-0.25, -0.2) is 4.79 Å². The first-order valence-corrected chi connectivity index (χ1v) is 13.1. The molecule has 3 aromatic carbocycles. The summed E-state index contributed by atoms with van der Waals surface area (Å²) in [7, 11) is 4.48. The fourth-order valence-corrected chi connectivity index (χ4v) is 3.85. The Morgan fingerprint density at radius 1 is 0.789 bits per heavy atom. The van der Waals surface area contributed by atoms with E-state index in [1.807, 2.05) is 96.9 Å². The standard InChI is InChI=1S/C17H27N3O2.C14H10.CH4O/c1-19(15-7-9-16(22-2)10-8-15)17(21)20-13-5-3-11-18-12-4-6-14-20;1-3-7-13(8-4-1)11-12-14-9-5-2-6-10-14;1-2/h7-10,18H,3-6,11-14H2,1-2H3;1-10H;2H,1H3. The predicted molar refractivity (Wildman–Crippen MR) is 157 cm³/mol. The van der Waals surface area contributed by atoms with Crippen molar-refractivity contribution in [3.05, 3.63) is 96.1 Å². The number of nitrogens with one attached hydrogen (secondary N) is 1. The summed E-state index contributed by atoms with van der Waals surface area (Å²) in [6.07, 6.45) is 4.34. The van der Waals surface area contributed by atoms with Gasteiger partial charge in [-0.15, -0.1) is 0 Å². The number of urea groups is 1. The molecule has 3 aromatic rings. The number of carbonyl (C=O) groups excluding carboxylic acids is 1. The molecule has 4 rings (SSSR count). The topological polar surface area (TPSA) is 65.0 Å². The second-order valence-corrected chi connectivity index (χ2v) is 8.67. The fourth-order valence-electron chi connectivity index (χ4n) is 3.85. The molecule has 0 aromatic heterocycles. The molecule has 202 valence electrons. The van der Waals surface area contributed by atoms with Gasteiger partial charge in [0.05, 0.1) is 7.11 Å². The first kappa shape index (κ1) is 30.4. The van der Waals surface area contributed by atoms with Crippen LogP contribution < -0.4 is 15.0 Å². The summed E-state index contributed by atoms with van der Waals surface area (Å²) in [6.45, 7) is 3.77. The van der Waals surface area contributed by atoms with Crippen molar-refractivity contribution >= 4 is 11.7 Å². The third-order valence-electron chi connectivity index (χ3n) is 5.98. The zero-order valence-corrected chi connectivity index (χ0v) is 22.9. The first-order chi connectivity index (χ1) is 18.7. The van der Waals surface area contributed by atoms with Crippen molar-refractivity contribution in [1.29, 1.82) is 0 Å². The van der Waals surface area contributed by atoms with Crippen LogP contribution in [0.2, 0.25) is 0 Å². The molecule has 1 fully saturated rings. The number of anilines is 1. The van der Waals surface area contributed by atoms with Gasteiger partial charge in [0.1, 0.15) is 5.75 Å². The monoisotopic (exact) mass is 515 g/mol. The lowest BCUT2D eigenvalue weighted by atomic mass is 10.2. The summed E-state index contributed by atoms with van der Waals surface area (Å²) < 4.78 is 5.16. The third-order valence-corrected chi connectivity index (χ3v) is 5.98. The van der Waals surface area contributed by atoms with E-state index in [0.717, 1.165) is 81.5 Å². The van der Waals surface area contributed by atoms with Crippen LogP contribution in [0.4, 0.5) is 10.5 Å². The van der Waals surface area contributed by atoms with Crippen LogP contribution in [0.3, 0.4) is 0 Å². The molecule has 0 radical (unpaired) electrons. The van der Waals surface area contributed by atoms with Gasteiger partial charge in [0.15, 0.2) is 0 Å². The van der Waals surface area contributed by atoms with Gasteiger partial charge in [0.2, 0.25) is 0 Å². The van der Waals surface area contributed by atoms with E-state index < -0.39 is 0 Å². The summed E-state index contributed by atoms with van der Waals surface area (Å²) >= 11 is 0. The number of aliphatic hydroxyl groups excluding tert-OH is 1. The summed E-state index contributed by atoms with van der Waals surface area (Å²) in [6, 6.07) is 27.7. The molecule has 0 atom stereocenters. The lowest BCUT2D eigenvalue weighted by molar-refractivity contribution is 0.202. The summed E-state index contributed by atoms with van der Waals surface area (Å²) in [5.74, 6) is 7.02. The van der Waals surface area contributed by atoms with Gasteiger partial charge in [-0.05, 0) is 87.3 Å². The number of hydrogen-bond donors (Lipinski definition) is 2. The maximum absolute atomic E-state index is 12.7. The fraction of sp³-hybridized carbons (Fsp3) is 0.344. The van der Waals surface area contributed by atoms with Crippen LogP contribution in [0.15, 0.2) is 84.9 Å². The van der Waals surface area contributed by atoms with Crippen molar-refractivity contribution in [3.8, 4) is 17.6 Å². The molecule has 1 aliphatic heterocycles. The molecule has 1 heterocycles. The Labute approximate surface area is 228 Å². The molecule has 2 amide bonds. The van der Waals surface area contributed by atoms with Gasteiger partial charge in [0, 0.05) is 44.1 Å². The number of benzene rings is 3. The van der Waals surface area contributed by atoms with E-state index in [9.17, 15) is 4.79 Å². The van der Waals surface area contributed by atoms with E-state index in [2.05, 4.69) is 17.2 Å². The van der Waals surface area contributed by atoms with Gasteiger partial charge in [-0.1, -0.05) is 48.2 Å². The van der Waals surface area contributed by atoms with Crippen molar-refractivity contribution in [2.24, 2.45) is 0 Å². The number of nitrogens with zero attached hydrogens (tertiary/aromatic N) is 2. The van der Waals surface area contributed by atoms with Gasteiger partial charge < -0.3 is 20.1 Å². The normalized spacial score (nSPS) is 13.2. The van der Waals surface area contributed by atoms with E-state index in [-0.39, 0.29) is 6.03 Å². The molecule has 1 aliphatic rings. The van der Waals surface area contributed by atoms with Gasteiger partial charge in [0.25, 0.3) is 0 Å². The van der Waals surface area contributed by atoms with E-state index in [1.165, 1.54) is 0 Å². The second kappa shape index (κ2) is 18.5. The molecular weight excluding hydrogens is 474 g/mol. The van der Waals surface area contributed by atoms with E-state index in [1.54, 1.807) is 12.0 Å². The van der Waals surface area contributed by atoms with E-state index >= 15 is 0 Å². The molecule has 0 saturated carbocycles. The predicted octanol–water partition coefficient (Wildman–Crippen LogP) is 5.41. The smallest absolute Gasteiger partial charge is 0.324 e. The number of methoxy groups -OCH3 is 1.